The molecule has 0 saturated heterocycles. The fraction of sp³-hybridized carbons (Fsp3) is 0.750. The SMILES string of the molecule is FC(F)(F)COCc1nnc(CCCCl)o1. The quantitative estimate of drug-likeness (QED) is 0.735. The standard InChI is InChI=1S/C8H10ClF3N2O2/c9-3-1-2-6-13-14-7(16-6)4-15-5-8(10,11)12/h1-5H2. The van der Waals surface area contributed by atoms with Gasteiger partial charge in [-0.3, -0.25) is 0 Å². The number of aromatic nitrogens is 2. The number of aryl methyl sites for hydroxylation is 1. The Morgan fingerprint density at radius 3 is 2.56 bits per heavy atom. The maximum atomic E-state index is 11.7. The van der Waals surface area contributed by atoms with Crippen molar-refractivity contribution in [3.63, 3.8) is 0 Å². The van der Waals surface area contributed by atoms with E-state index < -0.39 is 12.8 Å². The summed E-state index contributed by atoms with van der Waals surface area (Å²) >= 11 is 5.45. The van der Waals surface area contributed by atoms with Crippen LogP contribution in [0.1, 0.15) is 18.2 Å². The first-order chi connectivity index (χ1) is 7.51. The second-order valence-electron chi connectivity index (χ2n) is 2.99. The van der Waals surface area contributed by atoms with Gasteiger partial charge in [-0.2, -0.15) is 13.2 Å². The van der Waals surface area contributed by atoms with Crippen LogP contribution in [-0.2, 0) is 17.8 Å². The van der Waals surface area contributed by atoms with Crippen LogP contribution in [-0.4, -0.2) is 28.9 Å². The molecule has 0 unspecified atom stereocenters. The Bertz CT molecular complexity index is 316. The molecular formula is C8H10ClF3N2O2. The maximum Gasteiger partial charge on any atom is 0.411 e. The second kappa shape index (κ2) is 6.05. The highest BCUT2D eigenvalue weighted by molar-refractivity contribution is 6.17. The highest BCUT2D eigenvalue weighted by atomic mass is 35.5. The Balaban J connectivity index is 2.29. The van der Waals surface area contributed by atoms with Crippen LogP contribution < -0.4 is 0 Å². The van der Waals surface area contributed by atoms with Crippen LogP contribution >= 0.6 is 11.6 Å². The summed E-state index contributed by atoms with van der Waals surface area (Å²) in [6, 6.07) is 0. The molecule has 1 aromatic heterocycles. The van der Waals surface area contributed by atoms with Gasteiger partial charge in [0.2, 0.25) is 11.8 Å². The molecular weight excluding hydrogens is 249 g/mol. The lowest BCUT2D eigenvalue weighted by atomic mass is 10.3. The number of hydrogen-bond donors (Lipinski definition) is 0. The van der Waals surface area contributed by atoms with Crippen molar-refractivity contribution in [2.45, 2.75) is 25.6 Å². The van der Waals surface area contributed by atoms with E-state index in [-0.39, 0.29) is 12.5 Å². The van der Waals surface area contributed by atoms with Crippen molar-refractivity contribution in [2.24, 2.45) is 0 Å². The number of nitrogens with zero attached hydrogens (tertiary/aromatic N) is 2. The summed E-state index contributed by atoms with van der Waals surface area (Å²) in [6.07, 6.45) is -3.16. The molecule has 16 heavy (non-hydrogen) atoms. The van der Waals surface area contributed by atoms with E-state index in [2.05, 4.69) is 14.9 Å². The van der Waals surface area contributed by atoms with Crippen LogP contribution in [0.25, 0.3) is 0 Å². The first-order valence-corrected chi connectivity index (χ1v) is 5.06. The summed E-state index contributed by atoms with van der Waals surface area (Å²) in [7, 11) is 0. The molecule has 0 atom stereocenters. The Hall–Kier alpha value is -0.820. The van der Waals surface area contributed by atoms with E-state index in [0.29, 0.717) is 24.6 Å². The minimum Gasteiger partial charge on any atom is -0.423 e. The number of alkyl halides is 4. The molecule has 0 aliphatic carbocycles. The van der Waals surface area contributed by atoms with Gasteiger partial charge in [0.05, 0.1) is 0 Å². The Morgan fingerprint density at radius 2 is 1.94 bits per heavy atom. The lowest BCUT2D eigenvalue weighted by molar-refractivity contribution is -0.177. The zero-order valence-electron chi connectivity index (χ0n) is 8.26. The first kappa shape index (κ1) is 13.2. The van der Waals surface area contributed by atoms with E-state index in [9.17, 15) is 13.2 Å². The Kier molecular flexibility index (Phi) is 5.01. The first-order valence-electron chi connectivity index (χ1n) is 4.53. The van der Waals surface area contributed by atoms with E-state index in [1.54, 1.807) is 0 Å². The van der Waals surface area contributed by atoms with Gasteiger partial charge in [0, 0.05) is 12.3 Å². The van der Waals surface area contributed by atoms with Crippen LogP contribution in [0.4, 0.5) is 13.2 Å². The fourth-order valence-electron chi connectivity index (χ4n) is 0.920. The minimum atomic E-state index is -4.35. The molecule has 92 valence electrons. The fourth-order valence-corrected chi connectivity index (χ4v) is 1.05. The molecule has 4 nitrogen and oxygen atoms in total. The van der Waals surface area contributed by atoms with E-state index in [4.69, 9.17) is 16.0 Å². The van der Waals surface area contributed by atoms with Crippen LogP contribution in [0.2, 0.25) is 0 Å². The topological polar surface area (TPSA) is 48.2 Å². The molecule has 0 saturated carbocycles. The van der Waals surface area contributed by atoms with Crippen LogP contribution in [0.5, 0.6) is 0 Å². The van der Waals surface area contributed by atoms with Crippen LogP contribution in [0.3, 0.4) is 0 Å². The van der Waals surface area contributed by atoms with Crippen molar-refractivity contribution in [2.75, 3.05) is 12.5 Å². The molecule has 1 heterocycles. The summed E-state index contributed by atoms with van der Waals surface area (Å²) in [5, 5.41) is 7.17. The molecule has 1 aromatic rings. The molecule has 0 fully saturated rings. The minimum absolute atomic E-state index is 0.0359. The second-order valence-corrected chi connectivity index (χ2v) is 3.37. The van der Waals surface area contributed by atoms with Crippen molar-refractivity contribution in [1.29, 1.82) is 0 Å². The molecule has 0 spiro atoms. The van der Waals surface area contributed by atoms with E-state index in [1.165, 1.54) is 0 Å². The Morgan fingerprint density at radius 1 is 1.25 bits per heavy atom. The van der Waals surface area contributed by atoms with E-state index >= 15 is 0 Å². The normalized spacial score (nSPS) is 12.0. The number of rotatable bonds is 6. The van der Waals surface area contributed by atoms with Gasteiger partial charge in [-0.15, -0.1) is 21.8 Å². The lowest BCUT2D eigenvalue weighted by Gasteiger charge is -2.04. The smallest absolute Gasteiger partial charge is 0.411 e. The average molecular weight is 259 g/mol. The predicted molar refractivity (Wildman–Crippen MR) is 49.1 cm³/mol. The van der Waals surface area contributed by atoms with Crippen molar-refractivity contribution in [3.05, 3.63) is 11.8 Å². The van der Waals surface area contributed by atoms with Gasteiger partial charge < -0.3 is 9.15 Å². The predicted octanol–water partition coefficient (Wildman–Crippen LogP) is 2.32. The molecule has 0 aliphatic rings. The third kappa shape index (κ3) is 5.32. The van der Waals surface area contributed by atoms with Gasteiger partial charge in [0.25, 0.3) is 0 Å². The molecule has 0 N–H and O–H groups in total. The molecule has 0 radical (unpaired) electrons. The van der Waals surface area contributed by atoms with Crippen LogP contribution in [0, 0.1) is 0 Å². The van der Waals surface area contributed by atoms with Gasteiger partial charge in [-0.1, -0.05) is 0 Å². The van der Waals surface area contributed by atoms with Gasteiger partial charge in [0.15, 0.2) is 0 Å². The van der Waals surface area contributed by atoms with E-state index in [0.717, 1.165) is 0 Å². The maximum absolute atomic E-state index is 11.7. The molecule has 0 aliphatic heterocycles. The lowest BCUT2D eigenvalue weighted by Crippen LogP contribution is -2.16. The number of hydrogen-bond acceptors (Lipinski definition) is 4. The zero-order chi connectivity index (χ0) is 12.0. The average Bonchev–Trinajstić information content (AvgIpc) is 2.61. The van der Waals surface area contributed by atoms with Gasteiger partial charge in [-0.25, -0.2) is 0 Å². The van der Waals surface area contributed by atoms with Gasteiger partial charge >= 0.3 is 6.18 Å². The van der Waals surface area contributed by atoms with Gasteiger partial charge in [-0.05, 0) is 6.42 Å². The summed E-state index contributed by atoms with van der Waals surface area (Å²) in [4.78, 5) is 0. The summed E-state index contributed by atoms with van der Waals surface area (Å²) in [5.74, 6) is 0.850. The summed E-state index contributed by atoms with van der Waals surface area (Å²) in [5.41, 5.74) is 0. The third-order valence-electron chi connectivity index (χ3n) is 1.52. The number of halogens is 4. The molecule has 8 heteroatoms. The Labute approximate surface area is 94.7 Å². The van der Waals surface area contributed by atoms with Crippen molar-refractivity contribution < 1.29 is 22.3 Å². The largest absolute Gasteiger partial charge is 0.423 e. The van der Waals surface area contributed by atoms with Crippen molar-refractivity contribution in [3.8, 4) is 0 Å². The highest BCUT2D eigenvalue weighted by Gasteiger charge is 2.27. The third-order valence-corrected chi connectivity index (χ3v) is 1.79. The van der Waals surface area contributed by atoms with Crippen molar-refractivity contribution >= 4 is 11.6 Å². The molecule has 1 rings (SSSR count). The van der Waals surface area contributed by atoms with Gasteiger partial charge in [0.1, 0.15) is 13.2 Å². The summed E-state index contributed by atoms with van der Waals surface area (Å²) in [6.45, 7) is -1.67. The molecule has 0 amide bonds. The molecule has 0 aromatic carbocycles. The van der Waals surface area contributed by atoms with Crippen molar-refractivity contribution in [1.82, 2.24) is 10.2 Å². The van der Waals surface area contributed by atoms with E-state index in [1.807, 2.05) is 0 Å². The van der Waals surface area contributed by atoms with Crippen LogP contribution in [0.15, 0.2) is 4.42 Å². The summed E-state index contributed by atoms with van der Waals surface area (Å²) < 4.78 is 44.6. The zero-order valence-corrected chi connectivity index (χ0v) is 9.01. The molecule has 0 bridgehead atoms. The monoisotopic (exact) mass is 258 g/mol. The highest BCUT2D eigenvalue weighted by Crippen LogP contribution is 2.15. The number of ether oxygens (including phenoxy) is 1.